The molecule has 1 heterocycles. The minimum Gasteiger partial charge on any atom is -0.444 e. The number of aromatic nitrogens is 1. The molecule has 0 aromatic carbocycles. The first kappa shape index (κ1) is 27.9. The average molecular weight is 540 g/mol. The molecule has 0 bridgehead atoms. The van der Waals surface area contributed by atoms with E-state index in [0.717, 1.165) is 36.2 Å². The molecule has 9 heteroatoms. The van der Waals surface area contributed by atoms with Gasteiger partial charge in [-0.1, -0.05) is 6.92 Å². The molecule has 0 saturated heterocycles. The molecule has 0 aliphatic carbocycles. The average Bonchev–Trinajstić information content (AvgIpc) is 2.89. The van der Waals surface area contributed by atoms with E-state index in [1.807, 2.05) is 34.6 Å². The molecule has 0 spiro atoms. The second-order valence-corrected chi connectivity index (χ2v) is 9.40. The standard InChI is InChI=1S/C20H37N5O2S.HI/c1-9-21-18(22-11-10-17-24-15(3)16(4)28-17)23-12-14(2)13-25(8)19(26)27-20(5,6)7;/h14H,9-13H2,1-8H3,(H2,21,22,23);1H. The van der Waals surface area contributed by atoms with Gasteiger partial charge in [0.1, 0.15) is 5.60 Å². The molecule has 168 valence electrons. The van der Waals surface area contributed by atoms with Crippen LogP contribution in [0.4, 0.5) is 4.79 Å². The topological polar surface area (TPSA) is 78.9 Å². The normalized spacial score (nSPS) is 12.8. The number of hydrogen-bond donors (Lipinski definition) is 2. The summed E-state index contributed by atoms with van der Waals surface area (Å²) in [5.74, 6) is 1.01. The van der Waals surface area contributed by atoms with Crippen molar-refractivity contribution in [3.63, 3.8) is 0 Å². The van der Waals surface area contributed by atoms with Gasteiger partial charge in [-0.05, 0) is 47.5 Å². The fourth-order valence-corrected chi connectivity index (χ4v) is 3.40. The van der Waals surface area contributed by atoms with Crippen molar-refractivity contribution >= 4 is 47.4 Å². The molecule has 1 unspecified atom stereocenters. The van der Waals surface area contributed by atoms with Crippen LogP contribution in [0.2, 0.25) is 0 Å². The maximum atomic E-state index is 12.1. The number of nitrogens with one attached hydrogen (secondary N) is 2. The number of aliphatic imine (C=N–C) groups is 1. The van der Waals surface area contributed by atoms with Crippen molar-refractivity contribution in [1.82, 2.24) is 20.5 Å². The summed E-state index contributed by atoms with van der Waals surface area (Å²) in [4.78, 5) is 24.2. The molecule has 29 heavy (non-hydrogen) atoms. The third-order valence-electron chi connectivity index (χ3n) is 3.90. The van der Waals surface area contributed by atoms with Crippen molar-refractivity contribution in [3.8, 4) is 0 Å². The van der Waals surface area contributed by atoms with Crippen LogP contribution in [0.15, 0.2) is 4.99 Å². The van der Waals surface area contributed by atoms with Gasteiger partial charge in [0.25, 0.3) is 0 Å². The number of halogens is 1. The number of ether oxygens (including phenoxy) is 1. The zero-order valence-electron chi connectivity index (χ0n) is 19.1. The molecule has 0 fully saturated rings. The summed E-state index contributed by atoms with van der Waals surface area (Å²) in [6.07, 6.45) is 0.572. The SMILES string of the molecule is CCNC(=NCC(C)CN(C)C(=O)OC(C)(C)C)NCCc1nc(C)c(C)s1.I. The summed E-state index contributed by atoms with van der Waals surface area (Å²) in [7, 11) is 1.76. The van der Waals surface area contributed by atoms with E-state index in [1.165, 1.54) is 4.88 Å². The van der Waals surface area contributed by atoms with Crippen molar-refractivity contribution in [2.75, 3.05) is 33.2 Å². The molecule has 0 saturated carbocycles. The predicted octanol–water partition coefficient (Wildman–Crippen LogP) is 3.98. The van der Waals surface area contributed by atoms with E-state index in [2.05, 4.69) is 34.5 Å². The third-order valence-corrected chi connectivity index (χ3v) is 5.03. The van der Waals surface area contributed by atoms with Crippen LogP contribution >= 0.6 is 35.3 Å². The van der Waals surface area contributed by atoms with Crippen LogP contribution in [-0.4, -0.2) is 60.8 Å². The number of carbonyl (C=O) groups is 1. The van der Waals surface area contributed by atoms with E-state index in [-0.39, 0.29) is 36.0 Å². The molecule has 2 N–H and O–H groups in total. The van der Waals surface area contributed by atoms with Crippen LogP contribution in [0.3, 0.4) is 0 Å². The van der Waals surface area contributed by atoms with E-state index in [4.69, 9.17) is 4.74 Å². The van der Waals surface area contributed by atoms with Gasteiger partial charge in [-0.15, -0.1) is 35.3 Å². The molecule has 1 aromatic rings. The van der Waals surface area contributed by atoms with Crippen LogP contribution in [-0.2, 0) is 11.2 Å². The number of aryl methyl sites for hydroxylation is 2. The van der Waals surface area contributed by atoms with E-state index in [1.54, 1.807) is 23.3 Å². The Labute approximate surface area is 197 Å². The first-order valence-corrected chi connectivity index (χ1v) is 10.7. The van der Waals surface area contributed by atoms with Gasteiger partial charge < -0.3 is 20.3 Å². The fourth-order valence-electron chi connectivity index (χ4n) is 2.46. The largest absolute Gasteiger partial charge is 0.444 e. The Bertz CT molecular complexity index is 638. The minimum atomic E-state index is -0.483. The zero-order chi connectivity index (χ0) is 21.3. The van der Waals surface area contributed by atoms with Crippen molar-refractivity contribution in [2.24, 2.45) is 10.9 Å². The number of nitrogens with zero attached hydrogens (tertiary/aromatic N) is 3. The highest BCUT2D eigenvalue weighted by Crippen LogP contribution is 2.16. The molecule has 7 nitrogen and oxygen atoms in total. The maximum Gasteiger partial charge on any atom is 0.410 e. The molecule has 0 aliphatic rings. The smallest absolute Gasteiger partial charge is 0.410 e. The summed E-state index contributed by atoms with van der Waals surface area (Å²) in [5.41, 5.74) is 0.632. The first-order valence-electron chi connectivity index (χ1n) is 9.91. The second kappa shape index (κ2) is 13.3. The summed E-state index contributed by atoms with van der Waals surface area (Å²) in [6, 6.07) is 0. The Morgan fingerprint density at radius 2 is 1.97 bits per heavy atom. The molecular formula is C20H38IN5O2S. The summed E-state index contributed by atoms with van der Waals surface area (Å²) >= 11 is 1.75. The van der Waals surface area contributed by atoms with Gasteiger partial charge in [0, 0.05) is 44.5 Å². The van der Waals surface area contributed by atoms with Gasteiger partial charge in [-0.25, -0.2) is 9.78 Å². The molecule has 1 rings (SSSR count). The maximum absolute atomic E-state index is 12.1. The van der Waals surface area contributed by atoms with Crippen LogP contribution < -0.4 is 10.6 Å². The predicted molar refractivity (Wildman–Crippen MR) is 133 cm³/mol. The molecular weight excluding hydrogens is 501 g/mol. The summed E-state index contributed by atoms with van der Waals surface area (Å²) in [5, 5.41) is 7.77. The Morgan fingerprint density at radius 1 is 1.31 bits per heavy atom. The minimum absolute atomic E-state index is 0. The van der Waals surface area contributed by atoms with Crippen LogP contribution in [0.25, 0.3) is 0 Å². The molecule has 0 radical (unpaired) electrons. The quantitative estimate of drug-likeness (QED) is 0.297. The Balaban J connectivity index is 0.00000784. The number of rotatable bonds is 8. The van der Waals surface area contributed by atoms with Gasteiger partial charge in [0.15, 0.2) is 5.96 Å². The third kappa shape index (κ3) is 11.6. The number of hydrogen-bond acceptors (Lipinski definition) is 5. The van der Waals surface area contributed by atoms with Crippen LogP contribution in [0, 0.1) is 19.8 Å². The summed E-state index contributed by atoms with van der Waals surface area (Å²) < 4.78 is 5.39. The summed E-state index contributed by atoms with van der Waals surface area (Å²) in [6.45, 7) is 16.7. The number of guanidine groups is 1. The first-order chi connectivity index (χ1) is 13.0. The highest BCUT2D eigenvalue weighted by atomic mass is 127. The molecule has 0 aliphatic heterocycles. The van der Waals surface area contributed by atoms with Crippen molar-refractivity contribution in [1.29, 1.82) is 0 Å². The Morgan fingerprint density at radius 3 is 2.48 bits per heavy atom. The Hall–Kier alpha value is -1.10. The Kier molecular flexibility index (Phi) is 12.7. The highest BCUT2D eigenvalue weighted by Gasteiger charge is 2.20. The monoisotopic (exact) mass is 539 g/mol. The van der Waals surface area contributed by atoms with Gasteiger partial charge in [0.2, 0.25) is 0 Å². The van der Waals surface area contributed by atoms with Crippen molar-refractivity contribution in [2.45, 2.75) is 60.5 Å². The number of amides is 1. The van der Waals surface area contributed by atoms with E-state index < -0.39 is 5.60 Å². The van der Waals surface area contributed by atoms with Crippen molar-refractivity contribution in [3.05, 3.63) is 15.6 Å². The lowest BCUT2D eigenvalue weighted by molar-refractivity contribution is 0.0279. The molecule has 1 atom stereocenters. The fraction of sp³-hybridized carbons (Fsp3) is 0.750. The van der Waals surface area contributed by atoms with E-state index in [0.29, 0.717) is 13.1 Å². The van der Waals surface area contributed by atoms with E-state index >= 15 is 0 Å². The molecule has 1 aromatic heterocycles. The number of thiazole rings is 1. The van der Waals surface area contributed by atoms with Crippen molar-refractivity contribution < 1.29 is 9.53 Å². The lowest BCUT2D eigenvalue weighted by atomic mass is 10.2. The lowest BCUT2D eigenvalue weighted by Gasteiger charge is -2.26. The van der Waals surface area contributed by atoms with Gasteiger partial charge in [-0.3, -0.25) is 4.99 Å². The highest BCUT2D eigenvalue weighted by molar-refractivity contribution is 14.0. The molecule has 1 amide bonds. The van der Waals surface area contributed by atoms with Crippen LogP contribution in [0.5, 0.6) is 0 Å². The number of carbonyl (C=O) groups excluding carboxylic acids is 1. The van der Waals surface area contributed by atoms with E-state index in [9.17, 15) is 4.79 Å². The van der Waals surface area contributed by atoms with Crippen LogP contribution in [0.1, 0.15) is 50.2 Å². The van der Waals surface area contributed by atoms with Gasteiger partial charge in [0.05, 0.1) is 10.7 Å². The second-order valence-electron chi connectivity index (χ2n) is 8.11. The van der Waals surface area contributed by atoms with Gasteiger partial charge >= 0.3 is 6.09 Å². The zero-order valence-corrected chi connectivity index (χ0v) is 22.2. The lowest BCUT2D eigenvalue weighted by Crippen LogP contribution is -2.39. The van der Waals surface area contributed by atoms with Gasteiger partial charge in [-0.2, -0.15) is 0 Å².